The summed E-state index contributed by atoms with van der Waals surface area (Å²) in [5.41, 5.74) is 3.60. The number of hydrogen-bond donors (Lipinski definition) is 1. The van der Waals surface area contributed by atoms with Gasteiger partial charge < -0.3 is 10.1 Å². The molecule has 0 aliphatic carbocycles. The summed E-state index contributed by atoms with van der Waals surface area (Å²) >= 11 is 0. The molecule has 0 fully saturated rings. The molecule has 1 aromatic heterocycles. The maximum atomic E-state index is 5.34. The van der Waals surface area contributed by atoms with Crippen LogP contribution in [-0.4, -0.2) is 23.4 Å². The van der Waals surface area contributed by atoms with Gasteiger partial charge in [0.1, 0.15) is 5.75 Å². The normalized spacial score (nSPS) is 12.4. The zero-order valence-electron chi connectivity index (χ0n) is 13.4. The molecule has 0 spiro atoms. The highest BCUT2D eigenvalue weighted by Gasteiger charge is 2.16. The van der Waals surface area contributed by atoms with E-state index in [2.05, 4.69) is 49.5 Å². The lowest BCUT2D eigenvalue weighted by Crippen LogP contribution is -2.21. The van der Waals surface area contributed by atoms with E-state index in [0.29, 0.717) is 0 Å². The van der Waals surface area contributed by atoms with E-state index in [9.17, 15) is 0 Å². The fourth-order valence-electron chi connectivity index (χ4n) is 2.59. The topological polar surface area (TPSA) is 39.1 Å². The molecule has 1 atom stereocenters. The molecule has 4 nitrogen and oxygen atoms in total. The van der Waals surface area contributed by atoms with Gasteiger partial charge in [-0.2, -0.15) is 5.10 Å². The maximum absolute atomic E-state index is 5.34. The Labute approximate surface area is 127 Å². The Morgan fingerprint density at radius 3 is 2.71 bits per heavy atom. The second kappa shape index (κ2) is 7.27. The average Bonchev–Trinajstić information content (AvgIpc) is 2.93. The Bertz CT molecular complexity index is 577. The number of aryl methyl sites for hydroxylation is 2. The summed E-state index contributed by atoms with van der Waals surface area (Å²) in [6, 6.07) is 6.51. The number of hydrogen-bond acceptors (Lipinski definition) is 3. The van der Waals surface area contributed by atoms with Gasteiger partial charge in [-0.15, -0.1) is 0 Å². The van der Waals surface area contributed by atoms with Crippen LogP contribution in [0.2, 0.25) is 0 Å². The number of benzene rings is 1. The average molecular weight is 287 g/mol. The van der Waals surface area contributed by atoms with Crippen LogP contribution in [0, 0.1) is 6.92 Å². The third kappa shape index (κ3) is 3.64. The van der Waals surface area contributed by atoms with Crippen molar-refractivity contribution in [1.82, 2.24) is 15.1 Å². The minimum absolute atomic E-state index is 0.171. The smallest absolute Gasteiger partial charge is 0.121 e. The van der Waals surface area contributed by atoms with Crippen LogP contribution in [0.3, 0.4) is 0 Å². The maximum Gasteiger partial charge on any atom is 0.121 e. The summed E-state index contributed by atoms with van der Waals surface area (Å²) in [6.07, 6.45) is 5.19. The Morgan fingerprint density at radius 1 is 1.29 bits per heavy atom. The fraction of sp³-hybridized carbons (Fsp3) is 0.471. The molecule has 0 saturated heterocycles. The highest BCUT2D eigenvalue weighted by atomic mass is 16.5. The van der Waals surface area contributed by atoms with Gasteiger partial charge in [0.15, 0.2) is 0 Å². The Hall–Kier alpha value is -1.81. The van der Waals surface area contributed by atoms with Gasteiger partial charge in [-0.05, 0) is 37.1 Å². The number of nitrogens with one attached hydrogen (secondary N) is 1. The van der Waals surface area contributed by atoms with Crippen LogP contribution in [0.5, 0.6) is 5.75 Å². The number of nitrogens with zero attached hydrogens (tertiary/aromatic N) is 2. The quantitative estimate of drug-likeness (QED) is 0.849. The van der Waals surface area contributed by atoms with Gasteiger partial charge in [0.2, 0.25) is 0 Å². The van der Waals surface area contributed by atoms with Crippen LogP contribution in [0.1, 0.15) is 43.0 Å². The van der Waals surface area contributed by atoms with E-state index in [1.165, 1.54) is 11.1 Å². The molecule has 0 aliphatic heterocycles. The van der Waals surface area contributed by atoms with Crippen molar-refractivity contribution in [2.75, 3.05) is 13.7 Å². The molecule has 1 unspecified atom stereocenters. The first-order chi connectivity index (χ1) is 10.2. The second-order valence-corrected chi connectivity index (χ2v) is 5.26. The molecular formula is C17H25N3O. The minimum Gasteiger partial charge on any atom is -0.496 e. The van der Waals surface area contributed by atoms with Crippen LogP contribution in [0.25, 0.3) is 0 Å². The SMILES string of the molecule is CCCn1cc(C(NCC)c2ccc(OC)c(C)c2)cn1. The number of aromatic nitrogens is 2. The van der Waals surface area contributed by atoms with Crippen molar-refractivity contribution >= 4 is 0 Å². The molecule has 1 heterocycles. The Morgan fingerprint density at radius 2 is 2.10 bits per heavy atom. The van der Waals surface area contributed by atoms with E-state index >= 15 is 0 Å². The Balaban J connectivity index is 2.30. The number of methoxy groups -OCH3 is 1. The molecule has 2 rings (SSSR count). The molecule has 4 heteroatoms. The van der Waals surface area contributed by atoms with Crippen molar-refractivity contribution < 1.29 is 4.74 Å². The van der Waals surface area contributed by atoms with Gasteiger partial charge in [-0.1, -0.05) is 26.0 Å². The van der Waals surface area contributed by atoms with Crippen molar-refractivity contribution in [2.45, 2.75) is 39.8 Å². The molecule has 114 valence electrons. The predicted octanol–water partition coefficient (Wildman–Crippen LogP) is 3.31. The summed E-state index contributed by atoms with van der Waals surface area (Å²) in [4.78, 5) is 0. The fourth-order valence-corrected chi connectivity index (χ4v) is 2.59. The monoisotopic (exact) mass is 287 g/mol. The third-order valence-corrected chi connectivity index (χ3v) is 3.60. The lowest BCUT2D eigenvalue weighted by atomic mass is 9.99. The van der Waals surface area contributed by atoms with Crippen molar-refractivity contribution in [3.05, 3.63) is 47.3 Å². The highest BCUT2D eigenvalue weighted by Crippen LogP contribution is 2.26. The van der Waals surface area contributed by atoms with Crippen molar-refractivity contribution in [2.24, 2.45) is 0 Å². The summed E-state index contributed by atoms with van der Waals surface area (Å²) in [5.74, 6) is 0.927. The van der Waals surface area contributed by atoms with Crippen LogP contribution in [0.15, 0.2) is 30.6 Å². The van der Waals surface area contributed by atoms with Gasteiger partial charge >= 0.3 is 0 Å². The standard InChI is InChI=1S/C17H25N3O/c1-5-9-20-12-15(11-19-20)17(18-6-2)14-7-8-16(21-4)13(3)10-14/h7-8,10-12,17-18H,5-6,9H2,1-4H3. The number of rotatable bonds is 7. The number of ether oxygens (including phenoxy) is 1. The predicted molar refractivity (Wildman–Crippen MR) is 85.8 cm³/mol. The van der Waals surface area contributed by atoms with Gasteiger partial charge in [-0.25, -0.2) is 0 Å². The summed E-state index contributed by atoms with van der Waals surface area (Å²) in [7, 11) is 1.71. The first-order valence-electron chi connectivity index (χ1n) is 7.59. The van der Waals surface area contributed by atoms with Gasteiger partial charge in [0.25, 0.3) is 0 Å². The van der Waals surface area contributed by atoms with E-state index in [-0.39, 0.29) is 6.04 Å². The summed E-state index contributed by atoms with van der Waals surface area (Å²) < 4.78 is 7.35. The van der Waals surface area contributed by atoms with Crippen molar-refractivity contribution in [3.63, 3.8) is 0 Å². The largest absolute Gasteiger partial charge is 0.496 e. The molecule has 2 aromatic rings. The van der Waals surface area contributed by atoms with Crippen LogP contribution in [0.4, 0.5) is 0 Å². The zero-order chi connectivity index (χ0) is 15.2. The molecule has 0 saturated carbocycles. The summed E-state index contributed by atoms with van der Waals surface area (Å²) in [5, 5.41) is 7.98. The lowest BCUT2D eigenvalue weighted by Gasteiger charge is -2.18. The van der Waals surface area contributed by atoms with Crippen LogP contribution < -0.4 is 10.1 Å². The van der Waals surface area contributed by atoms with E-state index in [4.69, 9.17) is 4.74 Å². The Kier molecular flexibility index (Phi) is 5.39. The third-order valence-electron chi connectivity index (χ3n) is 3.60. The molecule has 0 aliphatic rings. The van der Waals surface area contributed by atoms with Crippen LogP contribution in [-0.2, 0) is 6.54 Å². The lowest BCUT2D eigenvalue weighted by molar-refractivity contribution is 0.411. The van der Waals surface area contributed by atoms with Crippen molar-refractivity contribution in [3.8, 4) is 5.75 Å². The molecule has 21 heavy (non-hydrogen) atoms. The molecule has 0 radical (unpaired) electrons. The van der Waals surface area contributed by atoms with Crippen LogP contribution >= 0.6 is 0 Å². The zero-order valence-corrected chi connectivity index (χ0v) is 13.4. The van der Waals surface area contributed by atoms with Gasteiger partial charge in [0, 0.05) is 18.3 Å². The second-order valence-electron chi connectivity index (χ2n) is 5.26. The molecule has 0 amide bonds. The summed E-state index contributed by atoms with van der Waals surface area (Å²) in [6.45, 7) is 8.23. The van der Waals surface area contributed by atoms with E-state index in [1.807, 2.05) is 16.9 Å². The first-order valence-corrected chi connectivity index (χ1v) is 7.59. The molecular weight excluding hydrogens is 262 g/mol. The molecule has 0 bridgehead atoms. The van der Waals surface area contributed by atoms with E-state index < -0.39 is 0 Å². The molecule has 1 N–H and O–H groups in total. The first kappa shape index (κ1) is 15.6. The highest BCUT2D eigenvalue weighted by molar-refractivity contribution is 5.40. The molecule has 1 aromatic carbocycles. The van der Waals surface area contributed by atoms with E-state index in [1.54, 1.807) is 7.11 Å². The minimum atomic E-state index is 0.171. The van der Waals surface area contributed by atoms with Crippen molar-refractivity contribution in [1.29, 1.82) is 0 Å². The van der Waals surface area contributed by atoms with Gasteiger partial charge in [0.05, 0.1) is 19.3 Å². The van der Waals surface area contributed by atoms with Gasteiger partial charge in [-0.3, -0.25) is 4.68 Å². The van der Waals surface area contributed by atoms with E-state index in [0.717, 1.165) is 30.8 Å².